The predicted octanol–water partition coefficient (Wildman–Crippen LogP) is 7.64. The van der Waals surface area contributed by atoms with Gasteiger partial charge in [0.2, 0.25) is 0 Å². The number of ether oxygens (including phenoxy) is 1. The third-order valence-electron chi connectivity index (χ3n) is 5.85. The fraction of sp³-hybridized carbons (Fsp3) is 0.100. The summed E-state index contributed by atoms with van der Waals surface area (Å²) in [6.07, 6.45) is 1.98. The predicted molar refractivity (Wildman–Crippen MR) is 133 cm³/mol. The van der Waals surface area contributed by atoms with E-state index in [9.17, 15) is 0 Å². The van der Waals surface area contributed by atoms with Gasteiger partial charge in [-0.15, -0.1) is 0 Å². The summed E-state index contributed by atoms with van der Waals surface area (Å²) in [6, 6.07) is 35.6. The molecule has 1 heterocycles. The molecule has 0 aliphatic carbocycles. The van der Waals surface area contributed by atoms with E-state index >= 15 is 0 Å². The number of para-hydroxylation sites is 1. The van der Waals surface area contributed by atoms with Gasteiger partial charge in [-0.2, -0.15) is 0 Å². The van der Waals surface area contributed by atoms with Crippen LogP contribution in [0.1, 0.15) is 33.7 Å². The summed E-state index contributed by atoms with van der Waals surface area (Å²) in [5, 5.41) is 0. The molecule has 156 valence electrons. The summed E-state index contributed by atoms with van der Waals surface area (Å²) in [5.41, 5.74) is 7.88. The van der Waals surface area contributed by atoms with Gasteiger partial charge in [0, 0.05) is 28.8 Å². The van der Waals surface area contributed by atoms with E-state index in [0.717, 1.165) is 33.9 Å². The third-order valence-corrected chi connectivity index (χ3v) is 5.85. The summed E-state index contributed by atoms with van der Waals surface area (Å²) < 4.78 is 6.50. The number of rotatable bonds is 4. The van der Waals surface area contributed by atoms with Crippen LogP contribution in [0.2, 0.25) is 0 Å². The van der Waals surface area contributed by atoms with Crippen molar-refractivity contribution in [3.63, 3.8) is 0 Å². The van der Waals surface area contributed by atoms with Gasteiger partial charge in [-0.3, -0.25) is 4.99 Å². The second-order valence-electron chi connectivity index (χ2n) is 8.23. The molecule has 1 aliphatic rings. The molecular formula is C30H25NO. The van der Waals surface area contributed by atoms with E-state index in [0.29, 0.717) is 0 Å². The molecule has 1 unspecified atom stereocenters. The molecule has 1 atom stereocenters. The average molecular weight is 416 g/mol. The zero-order valence-electron chi connectivity index (χ0n) is 18.3. The maximum atomic E-state index is 6.50. The first kappa shape index (κ1) is 20.0. The van der Waals surface area contributed by atoms with E-state index in [-0.39, 0.29) is 5.92 Å². The molecule has 0 radical (unpaired) electrons. The minimum atomic E-state index is 0.0324. The normalized spacial score (nSPS) is 15.5. The number of allylic oxidation sites excluding steroid dienone is 1. The first-order valence-electron chi connectivity index (χ1n) is 10.9. The fourth-order valence-electron chi connectivity index (χ4n) is 4.12. The molecule has 5 rings (SSSR count). The van der Waals surface area contributed by atoms with Crippen molar-refractivity contribution in [2.24, 2.45) is 4.99 Å². The Balaban J connectivity index is 1.71. The highest BCUT2D eigenvalue weighted by Gasteiger charge is 2.30. The van der Waals surface area contributed by atoms with Gasteiger partial charge in [-0.05, 0) is 37.6 Å². The Morgan fingerprint density at radius 3 is 2.03 bits per heavy atom. The van der Waals surface area contributed by atoms with E-state index in [4.69, 9.17) is 9.73 Å². The molecule has 0 N–H and O–H groups in total. The molecule has 1 aliphatic heterocycles. The summed E-state index contributed by atoms with van der Waals surface area (Å²) in [4.78, 5) is 4.85. The first-order valence-corrected chi connectivity index (χ1v) is 10.9. The Kier molecular flexibility index (Phi) is 5.43. The lowest BCUT2D eigenvalue weighted by Gasteiger charge is -2.30. The van der Waals surface area contributed by atoms with Gasteiger partial charge in [0.1, 0.15) is 11.5 Å². The molecule has 2 heteroatoms. The highest BCUT2D eigenvalue weighted by Crippen LogP contribution is 2.45. The molecule has 0 saturated carbocycles. The van der Waals surface area contributed by atoms with Gasteiger partial charge < -0.3 is 4.74 Å². The number of nitrogens with zero attached hydrogens (tertiary/aromatic N) is 1. The number of hydrogen-bond donors (Lipinski definition) is 0. The minimum Gasteiger partial charge on any atom is -0.456 e. The lowest BCUT2D eigenvalue weighted by molar-refractivity contribution is 0.489. The number of hydrogen-bond acceptors (Lipinski definition) is 2. The summed E-state index contributed by atoms with van der Waals surface area (Å²) in [7, 11) is 0. The Morgan fingerprint density at radius 1 is 0.688 bits per heavy atom. The first-order chi connectivity index (χ1) is 15.7. The van der Waals surface area contributed by atoms with Gasteiger partial charge in [0.15, 0.2) is 0 Å². The van der Waals surface area contributed by atoms with E-state index in [1.54, 1.807) is 0 Å². The molecular weight excluding hydrogens is 390 g/mol. The van der Waals surface area contributed by atoms with Crippen LogP contribution in [0.4, 0.5) is 5.69 Å². The third kappa shape index (κ3) is 4.00. The molecule has 0 saturated heterocycles. The smallest absolute Gasteiger partial charge is 0.140 e. The van der Waals surface area contributed by atoms with E-state index in [1.807, 2.05) is 48.7 Å². The second kappa shape index (κ2) is 8.68. The van der Waals surface area contributed by atoms with Crippen LogP contribution in [-0.2, 0) is 0 Å². The fourth-order valence-corrected chi connectivity index (χ4v) is 4.12. The molecule has 0 amide bonds. The largest absolute Gasteiger partial charge is 0.456 e. The molecule has 32 heavy (non-hydrogen) atoms. The lowest BCUT2D eigenvalue weighted by atomic mass is 9.81. The van der Waals surface area contributed by atoms with Crippen LogP contribution in [0.3, 0.4) is 0 Å². The Morgan fingerprint density at radius 2 is 1.31 bits per heavy atom. The maximum Gasteiger partial charge on any atom is 0.140 e. The molecule has 0 spiro atoms. The Hall–Kier alpha value is -3.91. The number of fused-ring (bicyclic) bond motifs is 1. The van der Waals surface area contributed by atoms with E-state index < -0.39 is 0 Å². The van der Waals surface area contributed by atoms with E-state index in [2.05, 4.69) is 74.5 Å². The highest BCUT2D eigenvalue weighted by atomic mass is 16.5. The quantitative estimate of drug-likeness (QED) is 0.314. The minimum absolute atomic E-state index is 0.0324. The van der Waals surface area contributed by atoms with Crippen LogP contribution in [0.5, 0.6) is 5.75 Å². The monoisotopic (exact) mass is 415 g/mol. The number of aliphatic imine (C=N–C) groups is 1. The highest BCUT2D eigenvalue weighted by molar-refractivity contribution is 5.95. The molecule has 4 aromatic rings. The van der Waals surface area contributed by atoms with Crippen molar-refractivity contribution in [2.45, 2.75) is 19.8 Å². The Labute approximate surface area is 189 Å². The Bertz CT molecular complexity index is 1280. The van der Waals surface area contributed by atoms with Crippen molar-refractivity contribution in [3.05, 3.63) is 137 Å². The average Bonchev–Trinajstić information content (AvgIpc) is 2.84. The van der Waals surface area contributed by atoms with Crippen LogP contribution in [-0.4, -0.2) is 6.21 Å². The van der Waals surface area contributed by atoms with Gasteiger partial charge in [0.05, 0.1) is 5.69 Å². The topological polar surface area (TPSA) is 21.6 Å². The van der Waals surface area contributed by atoms with Crippen molar-refractivity contribution in [2.75, 3.05) is 0 Å². The van der Waals surface area contributed by atoms with Gasteiger partial charge in [-0.1, -0.05) is 96.1 Å². The zero-order valence-corrected chi connectivity index (χ0v) is 18.3. The van der Waals surface area contributed by atoms with Crippen LogP contribution >= 0.6 is 0 Å². The number of benzene rings is 4. The van der Waals surface area contributed by atoms with Crippen molar-refractivity contribution in [1.29, 1.82) is 0 Å². The number of aryl methyl sites for hydroxylation is 2. The van der Waals surface area contributed by atoms with Crippen LogP contribution in [0.15, 0.2) is 114 Å². The van der Waals surface area contributed by atoms with Crippen LogP contribution < -0.4 is 4.74 Å². The van der Waals surface area contributed by atoms with Crippen LogP contribution in [0, 0.1) is 13.8 Å². The summed E-state index contributed by atoms with van der Waals surface area (Å²) in [5.74, 6) is 1.78. The summed E-state index contributed by atoms with van der Waals surface area (Å²) >= 11 is 0. The molecule has 2 nitrogen and oxygen atoms in total. The van der Waals surface area contributed by atoms with Crippen molar-refractivity contribution in [1.82, 2.24) is 0 Å². The molecule has 0 bridgehead atoms. The lowest BCUT2D eigenvalue weighted by Crippen LogP contribution is -2.17. The SMILES string of the molecule is Cc1ccc(N=CC2=C(c3ccccc3)Oc3ccccc3C2c2ccc(C)cc2)cc1. The van der Waals surface area contributed by atoms with E-state index in [1.165, 1.54) is 16.7 Å². The van der Waals surface area contributed by atoms with Crippen molar-refractivity contribution < 1.29 is 4.74 Å². The zero-order chi connectivity index (χ0) is 21.9. The maximum absolute atomic E-state index is 6.50. The molecule has 0 fully saturated rings. The molecule has 0 aromatic heterocycles. The van der Waals surface area contributed by atoms with Gasteiger partial charge in [-0.25, -0.2) is 0 Å². The van der Waals surface area contributed by atoms with Crippen LogP contribution in [0.25, 0.3) is 5.76 Å². The van der Waals surface area contributed by atoms with Crippen molar-refractivity contribution in [3.8, 4) is 5.75 Å². The van der Waals surface area contributed by atoms with Gasteiger partial charge >= 0.3 is 0 Å². The summed E-state index contributed by atoms with van der Waals surface area (Å²) in [6.45, 7) is 4.20. The second-order valence-corrected chi connectivity index (χ2v) is 8.23. The van der Waals surface area contributed by atoms with Crippen molar-refractivity contribution >= 4 is 17.7 Å². The van der Waals surface area contributed by atoms with Gasteiger partial charge in [0.25, 0.3) is 0 Å². The molecule has 4 aromatic carbocycles. The standard InChI is InChI=1S/C30H25NO/c1-21-12-16-23(17-13-21)29-26-10-6-7-11-28(26)32-30(24-8-4-3-5-9-24)27(29)20-31-25-18-14-22(2)15-19-25/h3-20,29H,1-2H3.